The van der Waals surface area contributed by atoms with Crippen molar-refractivity contribution in [2.75, 3.05) is 6.61 Å². The van der Waals surface area contributed by atoms with E-state index in [0.29, 0.717) is 6.61 Å². The summed E-state index contributed by atoms with van der Waals surface area (Å²) in [6, 6.07) is 8.53. The van der Waals surface area contributed by atoms with Gasteiger partial charge in [-0.05, 0) is 37.5 Å². The second-order valence-corrected chi connectivity index (χ2v) is 3.31. The van der Waals surface area contributed by atoms with Crippen LogP contribution in [-0.4, -0.2) is 6.61 Å². The molecule has 0 saturated heterocycles. The maximum absolute atomic E-state index is 5.33. The maximum Gasteiger partial charge on any atom is 0.0716 e. The van der Waals surface area contributed by atoms with E-state index in [1.165, 1.54) is 16.7 Å². The van der Waals surface area contributed by atoms with Crippen LogP contribution in [0.25, 0.3) is 5.57 Å². The summed E-state index contributed by atoms with van der Waals surface area (Å²) in [5.74, 6) is 0. The quantitative estimate of drug-likeness (QED) is 0.704. The van der Waals surface area contributed by atoms with Crippen molar-refractivity contribution < 1.29 is 4.74 Å². The van der Waals surface area contributed by atoms with Crippen molar-refractivity contribution >= 4 is 5.57 Å². The molecular formula is C13H18O. The van der Waals surface area contributed by atoms with Crippen molar-refractivity contribution in [3.05, 3.63) is 41.5 Å². The van der Waals surface area contributed by atoms with E-state index >= 15 is 0 Å². The molecule has 0 fully saturated rings. The van der Waals surface area contributed by atoms with Crippen LogP contribution in [-0.2, 0) is 11.3 Å². The first-order valence-corrected chi connectivity index (χ1v) is 5.08. The van der Waals surface area contributed by atoms with Crippen LogP contribution in [0.2, 0.25) is 0 Å². The van der Waals surface area contributed by atoms with Crippen molar-refractivity contribution in [3.8, 4) is 0 Å². The number of hydrogen-bond acceptors (Lipinski definition) is 1. The first-order valence-electron chi connectivity index (χ1n) is 5.08. The van der Waals surface area contributed by atoms with Gasteiger partial charge in [0.1, 0.15) is 0 Å². The van der Waals surface area contributed by atoms with Crippen LogP contribution < -0.4 is 0 Å². The molecule has 0 saturated carbocycles. The number of ether oxygens (including phenoxy) is 1. The zero-order valence-corrected chi connectivity index (χ0v) is 9.21. The van der Waals surface area contributed by atoms with Crippen molar-refractivity contribution in [1.29, 1.82) is 0 Å². The Morgan fingerprint density at radius 1 is 1.29 bits per heavy atom. The molecule has 0 heterocycles. The Morgan fingerprint density at radius 2 is 1.93 bits per heavy atom. The fourth-order valence-electron chi connectivity index (χ4n) is 1.25. The van der Waals surface area contributed by atoms with Gasteiger partial charge in [-0.1, -0.05) is 30.3 Å². The molecule has 0 aliphatic carbocycles. The monoisotopic (exact) mass is 190 g/mol. The Morgan fingerprint density at radius 3 is 2.43 bits per heavy atom. The van der Waals surface area contributed by atoms with Crippen LogP contribution >= 0.6 is 0 Å². The average molecular weight is 190 g/mol. The van der Waals surface area contributed by atoms with Gasteiger partial charge in [0, 0.05) is 6.61 Å². The van der Waals surface area contributed by atoms with Crippen molar-refractivity contribution in [3.63, 3.8) is 0 Å². The molecule has 0 bridgehead atoms. The first kappa shape index (κ1) is 11.0. The topological polar surface area (TPSA) is 9.23 Å². The van der Waals surface area contributed by atoms with Gasteiger partial charge < -0.3 is 4.74 Å². The molecule has 1 aromatic rings. The second-order valence-electron chi connectivity index (χ2n) is 3.31. The van der Waals surface area contributed by atoms with Crippen LogP contribution in [0.5, 0.6) is 0 Å². The van der Waals surface area contributed by atoms with Gasteiger partial charge in [-0.3, -0.25) is 0 Å². The van der Waals surface area contributed by atoms with E-state index < -0.39 is 0 Å². The van der Waals surface area contributed by atoms with Gasteiger partial charge >= 0.3 is 0 Å². The number of allylic oxidation sites excluding steroid dienone is 2. The summed E-state index contributed by atoms with van der Waals surface area (Å²) >= 11 is 0. The molecule has 1 aromatic carbocycles. The highest BCUT2D eigenvalue weighted by molar-refractivity contribution is 5.63. The highest BCUT2D eigenvalue weighted by Crippen LogP contribution is 2.14. The summed E-state index contributed by atoms with van der Waals surface area (Å²) in [6.07, 6.45) is 2.12. The standard InChI is InChI=1S/C13H18O/c1-4-11(3)13-8-6-12(7-9-13)10-14-5-2/h4,6-9H,5,10H2,1-3H3/b11-4+. The van der Waals surface area contributed by atoms with E-state index in [9.17, 15) is 0 Å². The van der Waals surface area contributed by atoms with Gasteiger partial charge in [0.25, 0.3) is 0 Å². The van der Waals surface area contributed by atoms with Crippen LogP contribution in [0, 0.1) is 0 Å². The normalized spacial score (nSPS) is 11.8. The van der Waals surface area contributed by atoms with Gasteiger partial charge in [0.05, 0.1) is 6.61 Å². The van der Waals surface area contributed by atoms with E-state index in [0.717, 1.165) is 6.61 Å². The van der Waals surface area contributed by atoms with Gasteiger partial charge in [-0.2, -0.15) is 0 Å². The molecule has 0 unspecified atom stereocenters. The summed E-state index contributed by atoms with van der Waals surface area (Å²) in [6.45, 7) is 7.68. The maximum atomic E-state index is 5.33. The molecule has 0 aromatic heterocycles. The largest absolute Gasteiger partial charge is 0.377 e. The van der Waals surface area contributed by atoms with E-state index in [1.54, 1.807) is 0 Å². The highest BCUT2D eigenvalue weighted by Gasteiger charge is 1.95. The molecule has 1 rings (SSSR count). The minimum atomic E-state index is 0.714. The van der Waals surface area contributed by atoms with Gasteiger partial charge in [0.15, 0.2) is 0 Å². The predicted octanol–water partition coefficient (Wildman–Crippen LogP) is 3.65. The third-order valence-corrected chi connectivity index (χ3v) is 2.32. The lowest BCUT2D eigenvalue weighted by molar-refractivity contribution is 0.134. The smallest absolute Gasteiger partial charge is 0.0716 e. The molecule has 0 spiro atoms. The summed E-state index contributed by atoms with van der Waals surface area (Å²) in [5.41, 5.74) is 3.83. The predicted molar refractivity (Wildman–Crippen MR) is 61.1 cm³/mol. The molecule has 14 heavy (non-hydrogen) atoms. The minimum absolute atomic E-state index is 0.714. The summed E-state index contributed by atoms with van der Waals surface area (Å²) in [7, 11) is 0. The van der Waals surface area contributed by atoms with Crippen molar-refractivity contribution in [1.82, 2.24) is 0 Å². The number of benzene rings is 1. The van der Waals surface area contributed by atoms with E-state index in [4.69, 9.17) is 4.74 Å². The number of rotatable bonds is 4. The lowest BCUT2D eigenvalue weighted by atomic mass is 10.1. The Labute approximate surface area is 86.4 Å². The summed E-state index contributed by atoms with van der Waals surface area (Å²) in [5, 5.41) is 0. The van der Waals surface area contributed by atoms with Crippen LogP contribution in [0.15, 0.2) is 30.3 Å². The Balaban J connectivity index is 2.68. The zero-order chi connectivity index (χ0) is 10.4. The van der Waals surface area contributed by atoms with Crippen LogP contribution in [0.4, 0.5) is 0 Å². The Bertz CT molecular complexity index is 296. The molecular weight excluding hydrogens is 172 g/mol. The van der Waals surface area contributed by atoms with Gasteiger partial charge in [-0.25, -0.2) is 0 Å². The molecule has 0 amide bonds. The van der Waals surface area contributed by atoms with E-state index in [-0.39, 0.29) is 0 Å². The van der Waals surface area contributed by atoms with E-state index in [1.807, 2.05) is 6.92 Å². The van der Waals surface area contributed by atoms with Crippen LogP contribution in [0.3, 0.4) is 0 Å². The molecule has 0 N–H and O–H groups in total. The molecule has 0 aliphatic rings. The SMILES string of the molecule is C/C=C(\C)c1ccc(COCC)cc1. The third-order valence-electron chi connectivity index (χ3n) is 2.32. The number of hydrogen-bond donors (Lipinski definition) is 0. The average Bonchev–Trinajstić information content (AvgIpc) is 2.26. The Kier molecular flexibility index (Phi) is 4.41. The summed E-state index contributed by atoms with van der Waals surface area (Å²) in [4.78, 5) is 0. The molecule has 0 atom stereocenters. The minimum Gasteiger partial charge on any atom is -0.377 e. The fourth-order valence-corrected chi connectivity index (χ4v) is 1.25. The Hall–Kier alpha value is -1.08. The van der Waals surface area contributed by atoms with Crippen LogP contribution in [0.1, 0.15) is 31.9 Å². The second kappa shape index (κ2) is 5.61. The molecule has 0 radical (unpaired) electrons. The van der Waals surface area contributed by atoms with Gasteiger partial charge in [-0.15, -0.1) is 0 Å². The molecule has 1 heteroatoms. The fraction of sp³-hybridized carbons (Fsp3) is 0.385. The zero-order valence-electron chi connectivity index (χ0n) is 9.21. The highest BCUT2D eigenvalue weighted by atomic mass is 16.5. The molecule has 1 nitrogen and oxygen atoms in total. The molecule has 76 valence electrons. The van der Waals surface area contributed by atoms with Crippen molar-refractivity contribution in [2.45, 2.75) is 27.4 Å². The van der Waals surface area contributed by atoms with E-state index in [2.05, 4.69) is 44.2 Å². The third kappa shape index (κ3) is 3.00. The first-order chi connectivity index (χ1) is 6.77. The van der Waals surface area contributed by atoms with Crippen molar-refractivity contribution in [2.24, 2.45) is 0 Å². The molecule has 0 aliphatic heterocycles. The summed E-state index contributed by atoms with van der Waals surface area (Å²) < 4.78 is 5.33. The lowest BCUT2D eigenvalue weighted by Gasteiger charge is -2.04. The lowest BCUT2D eigenvalue weighted by Crippen LogP contribution is -1.91. The van der Waals surface area contributed by atoms with Gasteiger partial charge in [0.2, 0.25) is 0 Å².